The molecule has 0 aliphatic carbocycles. The van der Waals surface area contributed by atoms with Gasteiger partial charge in [-0.2, -0.15) is 0 Å². The molecule has 15 heavy (non-hydrogen) atoms. The largest absolute Gasteiger partial charge is 0.383 e. The minimum absolute atomic E-state index is 0.162. The van der Waals surface area contributed by atoms with E-state index in [2.05, 4.69) is 12.2 Å². The van der Waals surface area contributed by atoms with Crippen LogP contribution in [0.15, 0.2) is 0 Å². The standard InChI is InChI=1S/C10H18N2O3/c1-3-4-8(7-15-2)12-5-9(13)11-10(14)6-12/h8H,3-7H2,1-2H3,(H,11,13,14). The van der Waals surface area contributed by atoms with Gasteiger partial charge in [0.15, 0.2) is 0 Å². The number of methoxy groups -OCH3 is 1. The Morgan fingerprint density at radius 2 is 2.00 bits per heavy atom. The Kier molecular flexibility index (Phi) is 4.71. The fourth-order valence-corrected chi connectivity index (χ4v) is 1.81. The predicted molar refractivity (Wildman–Crippen MR) is 55.3 cm³/mol. The minimum atomic E-state index is -0.219. The molecule has 1 atom stereocenters. The van der Waals surface area contributed by atoms with E-state index in [1.54, 1.807) is 7.11 Å². The Labute approximate surface area is 89.8 Å². The molecule has 1 aliphatic rings. The molecule has 0 aromatic rings. The van der Waals surface area contributed by atoms with Gasteiger partial charge in [-0.25, -0.2) is 0 Å². The molecule has 0 bridgehead atoms. The second-order valence-electron chi connectivity index (χ2n) is 3.77. The zero-order valence-corrected chi connectivity index (χ0v) is 9.28. The highest BCUT2D eigenvalue weighted by Gasteiger charge is 2.27. The summed E-state index contributed by atoms with van der Waals surface area (Å²) in [5.74, 6) is -0.438. The lowest BCUT2D eigenvalue weighted by Crippen LogP contribution is -2.55. The first kappa shape index (κ1) is 12.1. The molecule has 1 heterocycles. The Morgan fingerprint density at radius 3 is 2.47 bits per heavy atom. The monoisotopic (exact) mass is 214 g/mol. The Hall–Kier alpha value is -0.940. The van der Waals surface area contributed by atoms with Gasteiger partial charge in [0.1, 0.15) is 0 Å². The summed E-state index contributed by atoms with van der Waals surface area (Å²) in [6, 6.07) is 0.162. The fraction of sp³-hybridized carbons (Fsp3) is 0.800. The van der Waals surface area contributed by atoms with Crippen molar-refractivity contribution in [3.05, 3.63) is 0 Å². The van der Waals surface area contributed by atoms with Gasteiger partial charge in [-0.15, -0.1) is 0 Å². The van der Waals surface area contributed by atoms with E-state index in [4.69, 9.17) is 4.74 Å². The van der Waals surface area contributed by atoms with Crippen molar-refractivity contribution in [3.63, 3.8) is 0 Å². The maximum absolute atomic E-state index is 11.2. The van der Waals surface area contributed by atoms with Crippen LogP contribution in [0.25, 0.3) is 0 Å². The maximum Gasteiger partial charge on any atom is 0.240 e. The predicted octanol–water partition coefficient (Wildman–Crippen LogP) is -0.240. The number of imide groups is 1. The molecular formula is C10H18N2O3. The first-order chi connectivity index (χ1) is 7.17. The highest BCUT2D eigenvalue weighted by atomic mass is 16.5. The highest BCUT2D eigenvalue weighted by Crippen LogP contribution is 2.09. The van der Waals surface area contributed by atoms with Gasteiger partial charge in [0, 0.05) is 13.2 Å². The summed E-state index contributed by atoms with van der Waals surface area (Å²) in [6.45, 7) is 3.22. The van der Waals surface area contributed by atoms with E-state index in [0.29, 0.717) is 19.7 Å². The lowest BCUT2D eigenvalue weighted by atomic mass is 10.1. The molecule has 1 aliphatic heterocycles. The van der Waals surface area contributed by atoms with Gasteiger partial charge in [-0.3, -0.25) is 19.8 Å². The molecule has 1 saturated heterocycles. The molecule has 0 aromatic carbocycles. The Bertz CT molecular complexity index is 221. The third-order valence-electron chi connectivity index (χ3n) is 2.47. The highest BCUT2D eigenvalue weighted by molar-refractivity contribution is 5.99. The lowest BCUT2D eigenvalue weighted by Gasteiger charge is -2.32. The van der Waals surface area contributed by atoms with Gasteiger partial charge in [-0.05, 0) is 6.42 Å². The van der Waals surface area contributed by atoms with Gasteiger partial charge in [0.25, 0.3) is 0 Å². The van der Waals surface area contributed by atoms with Gasteiger partial charge >= 0.3 is 0 Å². The van der Waals surface area contributed by atoms with Crippen LogP contribution in [-0.2, 0) is 14.3 Å². The van der Waals surface area contributed by atoms with Crippen molar-refractivity contribution in [1.29, 1.82) is 0 Å². The van der Waals surface area contributed by atoms with Crippen LogP contribution in [0.2, 0.25) is 0 Å². The number of carbonyl (C=O) groups is 2. The van der Waals surface area contributed by atoms with Crippen LogP contribution in [-0.4, -0.2) is 49.6 Å². The van der Waals surface area contributed by atoms with Crippen LogP contribution in [0.1, 0.15) is 19.8 Å². The van der Waals surface area contributed by atoms with Crippen molar-refractivity contribution >= 4 is 11.8 Å². The van der Waals surface area contributed by atoms with Crippen molar-refractivity contribution in [1.82, 2.24) is 10.2 Å². The van der Waals surface area contributed by atoms with Gasteiger partial charge in [-0.1, -0.05) is 13.3 Å². The Morgan fingerprint density at radius 1 is 1.40 bits per heavy atom. The second kappa shape index (κ2) is 5.82. The van der Waals surface area contributed by atoms with Crippen molar-refractivity contribution in [3.8, 4) is 0 Å². The number of piperazine rings is 1. The topological polar surface area (TPSA) is 58.6 Å². The van der Waals surface area contributed by atoms with Gasteiger partial charge in [0.05, 0.1) is 19.7 Å². The first-order valence-corrected chi connectivity index (χ1v) is 5.23. The fourth-order valence-electron chi connectivity index (χ4n) is 1.81. The number of rotatable bonds is 5. The van der Waals surface area contributed by atoms with Crippen LogP contribution >= 0.6 is 0 Å². The number of ether oxygens (including phenoxy) is 1. The molecule has 0 aromatic heterocycles. The van der Waals surface area contributed by atoms with E-state index < -0.39 is 0 Å². The van der Waals surface area contributed by atoms with Gasteiger partial charge in [0.2, 0.25) is 11.8 Å². The normalized spacial score (nSPS) is 20.1. The van der Waals surface area contributed by atoms with Gasteiger partial charge < -0.3 is 4.74 Å². The van der Waals surface area contributed by atoms with Crippen molar-refractivity contribution < 1.29 is 14.3 Å². The molecule has 1 fully saturated rings. The van der Waals surface area contributed by atoms with E-state index in [-0.39, 0.29) is 17.9 Å². The summed E-state index contributed by atoms with van der Waals surface area (Å²) in [5, 5.41) is 2.29. The number of nitrogens with one attached hydrogen (secondary N) is 1. The molecular weight excluding hydrogens is 196 g/mol. The summed E-state index contributed by atoms with van der Waals surface area (Å²) in [6.07, 6.45) is 1.95. The van der Waals surface area contributed by atoms with Crippen molar-refractivity contribution in [2.75, 3.05) is 26.8 Å². The summed E-state index contributed by atoms with van der Waals surface area (Å²) in [4.78, 5) is 24.2. The van der Waals surface area contributed by atoms with E-state index in [9.17, 15) is 9.59 Å². The van der Waals surface area contributed by atoms with E-state index in [1.807, 2.05) is 4.90 Å². The zero-order chi connectivity index (χ0) is 11.3. The molecule has 0 spiro atoms. The maximum atomic E-state index is 11.2. The molecule has 86 valence electrons. The van der Waals surface area contributed by atoms with Crippen LogP contribution in [0.5, 0.6) is 0 Å². The number of hydrogen-bond acceptors (Lipinski definition) is 4. The Balaban J connectivity index is 2.56. The molecule has 1 rings (SSSR count). The SMILES string of the molecule is CCCC(COC)N1CC(=O)NC(=O)C1. The first-order valence-electron chi connectivity index (χ1n) is 5.23. The molecule has 0 radical (unpaired) electrons. The van der Waals surface area contributed by atoms with Crippen LogP contribution in [0.3, 0.4) is 0 Å². The van der Waals surface area contributed by atoms with E-state index >= 15 is 0 Å². The summed E-state index contributed by atoms with van der Waals surface area (Å²) in [5.41, 5.74) is 0. The van der Waals surface area contributed by atoms with E-state index in [1.165, 1.54) is 0 Å². The number of nitrogens with zero attached hydrogens (tertiary/aromatic N) is 1. The summed E-state index contributed by atoms with van der Waals surface area (Å²) >= 11 is 0. The third-order valence-corrected chi connectivity index (χ3v) is 2.47. The summed E-state index contributed by atoms with van der Waals surface area (Å²) in [7, 11) is 1.63. The molecule has 5 heteroatoms. The molecule has 5 nitrogen and oxygen atoms in total. The number of amides is 2. The van der Waals surface area contributed by atoms with Crippen molar-refractivity contribution in [2.24, 2.45) is 0 Å². The van der Waals surface area contributed by atoms with Crippen molar-refractivity contribution in [2.45, 2.75) is 25.8 Å². The number of hydrogen-bond donors (Lipinski definition) is 1. The average molecular weight is 214 g/mol. The van der Waals surface area contributed by atoms with Crippen LogP contribution in [0.4, 0.5) is 0 Å². The lowest BCUT2D eigenvalue weighted by molar-refractivity contribution is -0.137. The number of carbonyl (C=O) groups excluding carboxylic acids is 2. The smallest absolute Gasteiger partial charge is 0.240 e. The van der Waals surface area contributed by atoms with Crippen LogP contribution < -0.4 is 5.32 Å². The molecule has 1 unspecified atom stereocenters. The molecule has 0 saturated carbocycles. The minimum Gasteiger partial charge on any atom is -0.383 e. The van der Waals surface area contributed by atoms with E-state index in [0.717, 1.165) is 12.8 Å². The zero-order valence-electron chi connectivity index (χ0n) is 9.28. The van der Waals surface area contributed by atoms with Crippen LogP contribution in [0, 0.1) is 0 Å². The summed E-state index contributed by atoms with van der Waals surface area (Å²) < 4.78 is 5.10. The molecule has 1 N–H and O–H groups in total. The average Bonchev–Trinajstić information content (AvgIpc) is 2.16. The quantitative estimate of drug-likeness (QED) is 0.642. The third kappa shape index (κ3) is 3.60. The molecule has 2 amide bonds. The second-order valence-corrected chi connectivity index (χ2v) is 3.77.